The summed E-state index contributed by atoms with van der Waals surface area (Å²) < 4.78 is 1.61. The zero-order valence-corrected chi connectivity index (χ0v) is 15.3. The van der Waals surface area contributed by atoms with Crippen molar-refractivity contribution in [3.05, 3.63) is 36.9 Å². The Kier molecular flexibility index (Phi) is 4.03. The van der Waals surface area contributed by atoms with Crippen LogP contribution >= 0.6 is 0 Å². The fourth-order valence-electron chi connectivity index (χ4n) is 3.30. The van der Waals surface area contributed by atoms with Crippen LogP contribution in [0.5, 0.6) is 5.88 Å². The molecule has 2 N–H and O–H groups in total. The minimum absolute atomic E-state index is 0.119. The topological polar surface area (TPSA) is 117 Å². The molecule has 1 aromatic heterocycles. The summed E-state index contributed by atoms with van der Waals surface area (Å²) in [4.78, 5) is 34.4. The summed E-state index contributed by atoms with van der Waals surface area (Å²) in [6.45, 7) is 4.00. The van der Waals surface area contributed by atoms with Gasteiger partial charge in [-0.25, -0.2) is 9.37 Å². The smallest absolute Gasteiger partial charge is 0.454 e. The van der Waals surface area contributed by atoms with Crippen LogP contribution < -0.4 is 0 Å². The first-order chi connectivity index (χ1) is 13.4. The monoisotopic (exact) mass is 380 g/mol. The van der Waals surface area contributed by atoms with Crippen molar-refractivity contribution in [1.82, 2.24) is 14.8 Å². The maximum Gasteiger partial charge on any atom is 0.454 e. The minimum atomic E-state index is -0.781. The Hall–Kier alpha value is -3.82. The van der Waals surface area contributed by atoms with E-state index in [1.165, 1.54) is 11.9 Å². The first kappa shape index (κ1) is 17.6. The quantitative estimate of drug-likeness (QED) is 0.480. The highest BCUT2D eigenvalue weighted by atomic mass is 16.3. The van der Waals surface area contributed by atoms with E-state index in [0.29, 0.717) is 5.39 Å². The van der Waals surface area contributed by atoms with Crippen molar-refractivity contribution in [3.8, 4) is 5.88 Å². The SMILES string of the molecule is C=CC[N+]1=C(N=Nc2c(O)[nH]c3ccccc23)N=C2C1C(=O)N(C)C(=O)N2C. The Morgan fingerprint density at radius 1 is 1.29 bits per heavy atom. The third-order valence-electron chi connectivity index (χ3n) is 4.73. The highest BCUT2D eigenvalue weighted by molar-refractivity contribution is 6.22. The van der Waals surface area contributed by atoms with E-state index in [0.717, 1.165) is 10.4 Å². The molecule has 10 heteroatoms. The number of rotatable bonds is 3. The summed E-state index contributed by atoms with van der Waals surface area (Å²) in [7, 11) is 2.97. The van der Waals surface area contributed by atoms with E-state index >= 15 is 0 Å². The molecule has 0 radical (unpaired) electrons. The van der Waals surface area contributed by atoms with Crippen molar-refractivity contribution >= 4 is 40.3 Å². The number of likely N-dealkylation sites (N-methyl/N-ethyl adjacent to an activating group) is 2. The van der Waals surface area contributed by atoms with Crippen LogP contribution in [0, 0.1) is 0 Å². The van der Waals surface area contributed by atoms with E-state index < -0.39 is 18.0 Å². The molecular formula is C18H18N7O3+. The average Bonchev–Trinajstić information content (AvgIpc) is 3.20. The Morgan fingerprint density at radius 3 is 2.79 bits per heavy atom. The molecule has 3 heterocycles. The van der Waals surface area contributed by atoms with E-state index in [1.807, 2.05) is 18.2 Å². The second kappa shape index (κ2) is 6.41. The molecule has 1 aromatic carbocycles. The number of imide groups is 1. The molecule has 0 spiro atoms. The van der Waals surface area contributed by atoms with E-state index in [2.05, 4.69) is 26.8 Å². The number of hydrogen-bond donors (Lipinski definition) is 2. The molecule has 2 aliphatic heterocycles. The molecule has 2 aromatic rings. The highest BCUT2D eigenvalue weighted by Crippen LogP contribution is 2.35. The summed E-state index contributed by atoms with van der Waals surface area (Å²) >= 11 is 0. The lowest BCUT2D eigenvalue weighted by atomic mass is 10.1. The number of carbonyl (C=O) groups excluding carboxylic acids is 2. The van der Waals surface area contributed by atoms with Gasteiger partial charge in [0.05, 0.1) is 12.1 Å². The van der Waals surface area contributed by atoms with Gasteiger partial charge in [-0.1, -0.05) is 36.0 Å². The Labute approximate surface area is 159 Å². The van der Waals surface area contributed by atoms with Crippen LogP contribution in [0.1, 0.15) is 0 Å². The van der Waals surface area contributed by atoms with Gasteiger partial charge in [-0.05, 0) is 11.1 Å². The molecule has 1 saturated heterocycles. The molecule has 0 aliphatic carbocycles. The summed E-state index contributed by atoms with van der Waals surface area (Å²) in [5, 5.41) is 19.2. The fourth-order valence-corrected chi connectivity index (χ4v) is 3.30. The molecule has 0 saturated carbocycles. The largest absolute Gasteiger partial charge is 0.493 e. The normalized spacial score (nSPS) is 19.8. The van der Waals surface area contributed by atoms with Crippen molar-refractivity contribution in [3.63, 3.8) is 0 Å². The molecule has 3 amide bonds. The van der Waals surface area contributed by atoms with Gasteiger partial charge in [0, 0.05) is 24.6 Å². The number of carbonyl (C=O) groups is 2. The fraction of sp³-hybridized carbons (Fsp3) is 0.222. The van der Waals surface area contributed by atoms with Crippen LogP contribution in [0.2, 0.25) is 0 Å². The van der Waals surface area contributed by atoms with E-state index in [9.17, 15) is 14.7 Å². The second-order valence-corrected chi connectivity index (χ2v) is 6.42. The molecule has 4 rings (SSSR count). The number of amidine groups is 1. The van der Waals surface area contributed by atoms with E-state index in [-0.39, 0.29) is 29.9 Å². The first-order valence-electron chi connectivity index (χ1n) is 8.53. The van der Waals surface area contributed by atoms with Gasteiger partial charge in [-0.3, -0.25) is 14.6 Å². The molecule has 0 bridgehead atoms. The Balaban J connectivity index is 1.79. The summed E-state index contributed by atoms with van der Waals surface area (Å²) in [5.41, 5.74) is 0.986. The van der Waals surface area contributed by atoms with Gasteiger partial charge in [0.15, 0.2) is 5.69 Å². The van der Waals surface area contributed by atoms with E-state index in [1.54, 1.807) is 23.8 Å². The van der Waals surface area contributed by atoms with Crippen molar-refractivity contribution in [2.24, 2.45) is 15.2 Å². The number of guanidine groups is 1. The number of nitrogens with zero attached hydrogens (tertiary/aromatic N) is 6. The van der Waals surface area contributed by atoms with Gasteiger partial charge in [0.25, 0.3) is 5.91 Å². The second-order valence-electron chi connectivity index (χ2n) is 6.42. The zero-order chi connectivity index (χ0) is 20.0. The summed E-state index contributed by atoms with van der Waals surface area (Å²) in [6, 6.07) is 6.03. The van der Waals surface area contributed by atoms with Gasteiger partial charge in [-0.15, -0.1) is 0 Å². The molecule has 1 fully saturated rings. The maximum absolute atomic E-state index is 12.6. The van der Waals surface area contributed by atoms with Gasteiger partial charge >= 0.3 is 12.0 Å². The van der Waals surface area contributed by atoms with Crippen LogP contribution in [0.3, 0.4) is 0 Å². The summed E-state index contributed by atoms with van der Waals surface area (Å²) in [5.74, 6) is -0.0734. The number of para-hydroxylation sites is 1. The summed E-state index contributed by atoms with van der Waals surface area (Å²) in [6.07, 6.45) is 1.61. The van der Waals surface area contributed by atoms with Crippen LogP contribution in [0.25, 0.3) is 10.9 Å². The van der Waals surface area contributed by atoms with E-state index in [4.69, 9.17) is 0 Å². The van der Waals surface area contributed by atoms with Crippen molar-refractivity contribution in [1.29, 1.82) is 0 Å². The van der Waals surface area contributed by atoms with Crippen LogP contribution in [0.4, 0.5) is 10.5 Å². The predicted octanol–water partition coefficient (Wildman–Crippen LogP) is 1.82. The minimum Gasteiger partial charge on any atom is -0.493 e. The Morgan fingerprint density at radius 2 is 2.04 bits per heavy atom. The number of nitrogens with one attached hydrogen (secondary N) is 1. The molecule has 1 atom stereocenters. The number of amides is 3. The number of azo groups is 1. The third kappa shape index (κ3) is 2.49. The van der Waals surface area contributed by atoms with Crippen molar-refractivity contribution in [2.45, 2.75) is 6.04 Å². The lowest BCUT2D eigenvalue weighted by Crippen LogP contribution is -2.61. The number of aliphatic imine (C=N–C) groups is 1. The van der Waals surface area contributed by atoms with Gasteiger partial charge in [0.2, 0.25) is 17.8 Å². The number of H-pyrrole nitrogens is 1. The third-order valence-corrected chi connectivity index (χ3v) is 4.73. The molecule has 142 valence electrons. The molecule has 10 nitrogen and oxygen atoms in total. The lowest BCUT2D eigenvalue weighted by molar-refractivity contribution is -0.526. The number of benzene rings is 1. The number of hydrogen-bond acceptors (Lipinski definition) is 6. The molecule has 1 unspecified atom stereocenters. The molecule has 2 aliphatic rings. The van der Waals surface area contributed by atoms with Gasteiger partial charge < -0.3 is 10.1 Å². The maximum atomic E-state index is 12.6. The van der Waals surface area contributed by atoms with Gasteiger partial charge in [0.1, 0.15) is 0 Å². The van der Waals surface area contributed by atoms with Crippen LogP contribution in [-0.2, 0) is 4.79 Å². The zero-order valence-electron chi connectivity index (χ0n) is 15.3. The number of urea groups is 1. The number of aromatic hydroxyl groups is 1. The number of fused-ring (bicyclic) bond motifs is 2. The predicted molar refractivity (Wildman–Crippen MR) is 102 cm³/mol. The average molecular weight is 380 g/mol. The first-order valence-corrected chi connectivity index (χ1v) is 8.53. The number of aromatic nitrogens is 1. The van der Waals surface area contributed by atoms with Crippen molar-refractivity contribution < 1.29 is 19.3 Å². The van der Waals surface area contributed by atoms with Crippen molar-refractivity contribution in [2.75, 3.05) is 20.6 Å². The van der Waals surface area contributed by atoms with Crippen LogP contribution in [-0.4, -0.2) is 74.9 Å². The van der Waals surface area contributed by atoms with Gasteiger partial charge in [-0.2, -0.15) is 0 Å². The standard InChI is InChI=1S/C18H17N7O3/c1-4-9-25-13-14(23(2)18(28)24(3)16(13)27)20-17(25)22-21-12-10-7-5-6-8-11(10)19-15(12)26/h4-8,13H,1,9H2,2-3H3,(H,19,21,26)/p+1. The number of aromatic amines is 1. The van der Waals surface area contributed by atoms with Crippen LogP contribution in [0.15, 0.2) is 52.1 Å². The molecule has 28 heavy (non-hydrogen) atoms. The molecular weight excluding hydrogens is 362 g/mol. The Bertz CT molecular complexity index is 1110. The highest BCUT2D eigenvalue weighted by Gasteiger charge is 2.51. The lowest BCUT2D eigenvalue weighted by Gasteiger charge is -2.31.